The summed E-state index contributed by atoms with van der Waals surface area (Å²) in [5.41, 5.74) is 3.67. The molecule has 0 amide bonds. The van der Waals surface area contributed by atoms with Crippen molar-refractivity contribution in [1.82, 2.24) is 9.88 Å². The van der Waals surface area contributed by atoms with Gasteiger partial charge in [-0.15, -0.1) is 0 Å². The lowest BCUT2D eigenvalue weighted by atomic mass is 9.80. The highest BCUT2D eigenvalue weighted by Gasteiger charge is 2.32. The van der Waals surface area contributed by atoms with Gasteiger partial charge in [-0.2, -0.15) is 0 Å². The molecule has 0 spiro atoms. The number of hydrogen-bond donors (Lipinski definition) is 1. The number of carbonyl (C=O) groups excluding carboxylic acids is 2. The van der Waals surface area contributed by atoms with Crippen molar-refractivity contribution in [3.05, 3.63) is 47.3 Å². The molecule has 22 heavy (non-hydrogen) atoms. The standard InChI is InChI=1S/C18H20N2O2/c1-11-5-4-6-13-14(9-19-18(11)13)12-7-16(21)15(10-20(2)3)17(22)8-12/h4-6,9-10,12,19H,7-8H2,1-3H3. The van der Waals surface area contributed by atoms with Crippen molar-refractivity contribution >= 4 is 22.5 Å². The molecule has 114 valence electrons. The summed E-state index contributed by atoms with van der Waals surface area (Å²) in [6.07, 6.45) is 4.38. The Kier molecular flexibility index (Phi) is 3.61. The molecule has 1 N–H and O–H groups in total. The second-order valence-electron chi connectivity index (χ2n) is 6.20. The number of aromatic nitrogens is 1. The van der Waals surface area contributed by atoms with Gasteiger partial charge in [-0.25, -0.2) is 0 Å². The second-order valence-corrected chi connectivity index (χ2v) is 6.20. The van der Waals surface area contributed by atoms with Crippen LogP contribution in [0.5, 0.6) is 0 Å². The third-order valence-corrected chi connectivity index (χ3v) is 4.25. The number of rotatable bonds is 2. The van der Waals surface area contributed by atoms with Gasteiger partial charge in [0.15, 0.2) is 11.6 Å². The smallest absolute Gasteiger partial charge is 0.168 e. The van der Waals surface area contributed by atoms with Crippen molar-refractivity contribution in [3.8, 4) is 0 Å². The molecule has 0 radical (unpaired) electrons. The highest BCUT2D eigenvalue weighted by molar-refractivity contribution is 6.22. The van der Waals surface area contributed by atoms with Gasteiger partial charge in [0, 0.05) is 56.2 Å². The molecule has 0 atom stereocenters. The van der Waals surface area contributed by atoms with Crippen LogP contribution >= 0.6 is 0 Å². The molecule has 1 heterocycles. The lowest BCUT2D eigenvalue weighted by Gasteiger charge is -2.22. The number of hydrogen-bond acceptors (Lipinski definition) is 3. The van der Waals surface area contributed by atoms with Gasteiger partial charge >= 0.3 is 0 Å². The first-order valence-corrected chi connectivity index (χ1v) is 7.48. The van der Waals surface area contributed by atoms with Crippen molar-refractivity contribution in [2.45, 2.75) is 25.7 Å². The van der Waals surface area contributed by atoms with E-state index in [1.807, 2.05) is 32.4 Å². The third kappa shape index (κ3) is 2.45. The molecule has 1 saturated carbocycles. The van der Waals surface area contributed by atoms with Gasteiger partial charge in [-0.05, 0) is 18.1 Å². The van der Waals surface area contributed by atoms with Crippen LogP contribution in [0.4, 0.5) is 0 Å². The molecule has 3 rings (SSSR count). The molecule has 1 fully saturated rings. The zero-order valence-electron chi connectivity index (χ0n) is 13.1. The molecule has 0 unspecified atom stereocenters. The second kappa shape index (κ2) is 5.44. The van der Waals surface area contributed by atoms with Crippen LogP contribution in [0.2, 0.25) is 0 Å². The molecule has 4 heteroatoms. The van der Waals surface area contributed by atoms with Crippen LogP contribution in [0.3, 0.4) is 0 Å². The van der Waals surface area contributed by atoms with E-state index in [0.717, 1.165) is 16.5 Å². The van der Waals surface area contributed by atoms with Crippen LogP contribution in [0.15, 0.2) is 36.2 Å². The molecule has 1 aromatic carbocycles. The maximum absolute atomic E-state index is 12.3. The summed E-state index contributed by atoms with van der Waals surface area (Å²) in [6.45, 7) is 2.05. The van der Waals surface area contributed by atoms with E-state index in [-0.39, 0.29) is 17.5 Å². The molecular weight excluding hydrogens is 276 g/mol. The number of allylic oxidation sites excluding steroid dienone is 1. The van der Waals surface area contributed by atoms with Crippen LogP contribution in [-0.2, 0) is 9.59 Å². The Morgan fingerprint density at radius 3 is 2.50 bits per heavy atom. The molecule has 2 aromatic rings. The summed E-state index contributed by atoms with van der Waals surface area (Å²) >= 11 is 0. The van der Waals surface area contributed by atoms with E-state index >= 15 is 0 Å². The van der Waals surface area contributed by atoms with E-state index < -0.39 is 0 Å². The van der Waals surface area contributed by atoms with Crippen LogP contribution in [0.1, 0.15) is 29.9 Å². The minimum absolute atomic E-state index is 0.0325. The highest BCUT2D eigenvalue weighted by atomic mass is 16.1. The van der Waals surface area contributed by atoms with Crippen molar-refractivity contribution in [2.75, 3.05) is 14.1 Å². The summed E-state index contributed by atoms with van der Waals surface area (Å²) in [5.74, 6) is -0.149. The first kappa shape index (κ1) is 14.6. The summed E-state index contributed by atoms with van der Waals surface area (Å²) in [7, 11) is 3.64. The number of aryl methyl sites for hydroxylation is 1. The summed E-state index contributed by atoms with van der Waals surface area (Å²) in [4.78, 5) is 29.7. The molecular formula is C18H20N2O2. The predicted molar refractivity (Wildman–Crippen MR) is 86.8 cm³/mol. The number of benzene rings is 1. The summed E-state index contributed by atoms with van der Waals surface area (Å²) < 4.78 is 0. The minimum Gasteiger partial charge on any atom is -0.383 e. The largest absolute Gasteiger partial charge is 0.383 e. The molecule has 1 aliphatic carbocycles. The van der Waals surface area contributed by atoms with E-state index in [9.17, 15) is 9.59 Å². The number of nitrogens with one attached hydrogen (secondary N) is 1. The van der Waals surface area contributed by atoms with Gasteiger partial charge in [0.2, 0.25) is 0 Å². The molecule has 1 aromatic heterocycles. The van der Waals surface area contributed by atoms with Gasteiger partial charge in [-0.3, -0.25) is 9.59 Å². The van der Waals surface area contributed by atoms with Crippen molar-refractivity contribution in [3.63, 3.8) is 0 Å². The fourth-order valence-electron chi connectivity index (χ4n) is 3.18. The van der Waals surface area contributed by atoms with Crippen LogP contribution in [0.25, 0.3) is 10.9 Å². The number of nitrogens with zero attached hydrogens (tertiary/aromatic N) is 1. The fourth-order valence-corrected chi connectivity index (χ4v) is 3.18. The first-order valence-electron chi connectivity index (χ1n) is 7.48. The average molecular weight is 296 g/mol. The Morgan fingerprint density at radius 2 is 1.86 bits per heavy atom. The summed E-state index contributed by atoms with van der Waals surface area (Å²) in [6, 6.07) is 6.12. The Bertz CT molecular complexity index is 763. The fraction of sp³-hybridized carbons (Fsp3) is 0.333. The lowest BCUT2D eigenvalue weighted by Crippen LogP contribution is -2.26. The minimum atomic E-state index is -0.0584. The van der Waals surface area contributed by atoms with Crippen LogP contribution < -0.4 is 0 Å². The predicted octanol–water partition coefficient (Wildman–Crippen LogP) is 2.94. The van der Waals surface area contributed by atoms with E-state index in [1.165, 1.54) is 5.56 Å². The quantitative estimate of drug-likeness (QED) is 0.685. The third-order valence-electron chi connectivity index (χ3n) is 4.25. The van der Waals surface area contributed by atoms with E-state index in [1.54, 1.807) is 11.1 Å². The maximum atomic E-state index is 12.3. The zero-order chi connectivity index (χ0) is 15.9. The number of fused-ring (bicyclic) bond motifs is 1. The van der Waals surface area contributed by atoms with Crippen molar-refractivity contribution in [2.24, 2.45) is 0 Å². The van der Waals surface area contributed by atoms with Crippen LogP contribution in [0, 0.1) is 6.92 Å². The zero-order valence-corrected chi connectivity index (χ0v) is 13.1. The molecule has 0 saturated heterocycles. The Balaban J connectivity index is 1.96. The van der Waals surface area contributed by atoms with Crippen molar-refractivity contribution < 1.29 is 9.59 Å². The van der Waals surface area contributed by atoms with Gasteiger partial charge in [0.25, 0.3) is 0 Å². The number of carbonyl (C=O) groups is 2. The number of para-hydroxylation sites is 1. The normalized spacial score (nSPS) is 18.9. The summed E-state index contributed by atoms with van der Waals surface area (Å²) in [5, 5.41) is 1.12. The molecule has 1 aliphatic rings. The van der Waals surface area contributed by atoms with Gasteiger partial charge < -0.3 is 9.88 Å². The molecule has 4 nitrogen and oxygen atoms in total. The van der Waals surface area contributed by atoms with E-state index in [2.05, 4.69) is 18.0 Å². The maximum Gasteiger partial charge on any atom is 0.168 e. The average Bonchev–Trinajstić information content (AvgIpc) is 2.88. The topological polar surface area (TPSA) is 53.2 Å². The monoisotopic (exact) mass is 296 g/mol. The molecule has 0 bridgehead atoms. The van der Waals surface area contributed by atoms with E-state index in [4.69, 9.17) is 0 Å². The van der Waals surface area contributed by atoms with E-state index in [0.29, 0.717) is 18.4 Å². The Labute approximate surface area is 129 Å². The van der Waals surface area contributed by atoms with Gasteiger partial charge in [0.1, 0.15) is 0 Å². The Morgan fingerprint density at radius 1 is 1.18 bits per heavy atom. The number of Topliss-reactive ketones (excluding diaryl/α,β-unsaturated/α-hetero) is 2. The van der Waals surface area contributed by atoms with Crippen LogP contribution in [-0.4, -0.2) is 35.5 Å². The van der Waals surface area contributed by atoms with Gasteiger partial charge in [-0.1, -0.05) is 18.2 Å². The lowest BCUT2D eigenvalue weighted by molar-refractivity contribution is -0.124. The number of aromatic amines is 1. The molecule has 0 aliphatic heterocycles. The van der Waals surface area contributed by atoms with Gasteiger partial charge in [0.05, 0.1) is 5.57 Å². The number of H-pyrrole nitrogens is 1. The highest BCUT2D eigenvalue weighted by Crippen LogP contribution is 2.36. The van der Waals surface area contributed by atoms with Crippen molar-refractivity contribution in [1.29, 1.82) is 0 Å². The number of ketones is 2. The first-order chi connectivity index (χ1) is 10.5. The Hall–Kier alpha value is -2.36. The SMILES string of the molecule is Cc1cccc2c(C3CC(=O)C(=CN(C)C)C(=O)C3)c[nH]c12.